The van der Waals surface area contributed by atoms with E-state index in [9.17, 15) is 4.79 Å². The lowest BCUT2D eigenvalue weighted by molar-refractivity contribution is -0.120. The molecule has 0 atom stereocenters. The summed E-state index contributed by atoms with van der Waals surface area (Å²) in [7, 11) is 1.69. The monoisotopic (exact) mass is 311 g/mol. The number of aryl methyl sites for hydroxylation is 3. The maximum atomic E-state index is 12.1. The van der Waals surface area contributed by atoms with Crippen LogP contribution in [0.5, 0.6) is 5.75 Å². The van der Waals surface area contributed by atoms with E-state index in [-0.39, 0.29) is 5.91 Å². The number of amides is 1. The number of nitrogens with one attached hydrogen (secondary N) is 1. The molecule has 0 aliphatic carbocycles. The van der Waals surface area contributed by atoms with E-state index in [1.54, 1.807) is 7.11 Å². The van der Waals surface area contributed by atoms with Gasteiger partial charge in [0.05, 0.1) is 13.5 Å². The number of carbonyl (C=O) groups is 1. The predicted molar refractivity (Wildman–Crippen MR) is 93.9 cm³/mol. The number of para-hydroxylation sites is 1. The number of rotatable bonds is 7. The zero-order chi connectivity index (χ0) is 16.7. The fourth-order valence-electron chi connectivity index (χ4n) is 2.64. The summed E-state index contributed by atoms with van der Waals surface area (Å²) in [6, 6.07) is 14.2. The summed E-state index contributed by atoms with van der Waals surface area (Å²) in [6.07, 6.45) is 2.24. The van der Waals surface area contributed by atoms with Gasteiger partial charge in [-0.1, -0.05) is 42.0 Å². The highest BCUT2D eigenvalue weighted by Gasteiger charge is 2.06. The molecule has 0 saturated carbocycles. The van der Waals surface area contributed by atoms with Crippen molar-refractivity contribution in [2.45, 2.75) is 33.1 Å². The Labute approximate surface area is 138 Å². The van der Waals surface area contributed by atoms with Crippen molar-refractivity contribution in [2.24, 2.45) is 0 Å². The van der Waals surface area contributed by atoms with Crippen molar-refractivity contribution in [3.63, 3.8) is 0 Å². The first kappa shape index (κ1) is 17.1. The molecule has 0 bridgehead atoms. The Morgan fingerprint density at radius 3 is 2.65 bits per heavy atom. The van der Waals surface area contributed by atoms with Crippen LogP contribution < -0.4 is 10.1 Å². The van der Waals surface area contributed by atoms with E-state index in [0.717, 1.165) is 24.2 Å². The molecule has 2 aromatic rings. The van der Waals surface area contributed by atoms with Gasteiger partial charge in [0.2, 0.25) is 5.91 Å². The van der Waals surface area contributed by atoms with Crippen molar-refractivity contribution in [1.29, 1.82) is 0 Å². The number of benzene rings is 2. The van der Waals surface area contributed by atoms with E-state index >= 15 is 0 Å². The van der Waals surface area contributed by atoms with Gasteiger partial charge >= 0.3 is 0 Å². The van der Waals surface area contributed by atoms with Crippen molar-refractivity contribution in [1.82, 2.24) is 5.32 Å². The summed E-state index contributed by atoms with van der Waals surface area (Å²) in [5.41, 5.74) is 4.64. The van der Waals surface area contributed by atoms with Crippen LogP contribution in [-0.4, -0.2) is 19.6 Å². The van der Waals surface area contributed by atoms with E-state index in [2.05, 4.69) is 29.6 Å². The van der Waals surface area contributed by atoms with Gasteiger partial charge in [-0.2, -0.15) is 0 Å². The number of carbonyl (C=O) groups excluding carboxylic acids is 1. The molecular formula is C20H25NO2. The Kier molecular flexibility index (Phi) is 6.21. The van der Waals surface area contributed by atoms with Gasteiger partial charge in [-0.25, -0.2) is 0 Å². The highest BCUT2D eigenvalue weighted by Crippen LogP contribution is 2.18. The molecule has 23 heavy (non-hydrogen) atoms. The molecule has 3 nitrogen and oxygen atoms in total. The average molecular weight is 311 g/mol. The Balaban J connectivity index is 1.78. The van der Waals surface area contributed by atoms with E-state index in [1.807, 2.05) is 32.0 Å². The van der Waals surface area contributed by atoms with Crippen LogP contribution in [0.2, 0.25) is 0 Å². The third-order valence-corrected chi connectivity index (χ3v) is 3.99. The van der Waals surface area contributed by atoms with Gasteiger partial charge in [0.25, 0.3) is 0 Å². The lowest BCUT2D eigenvalue weighted by Gasteiger charge is -2.10. The second-order valence-electron chi connectivity index (χ2n) is 5.87. The molecule has 0 radical (unpaired) electrons. The lowest BCUT2D eigenvalue weighted by Crippen LogP contribution is -2.26. The predicted octanol–water partition coefficient (Wildman–Crippen LogP) is 3.60. The molecule has 0 fully saturated rings. The van der Waals surface area contributed by atoms with Gasteiger partial charge in [-0.15, -0.1) is 0 Å². The number of methoxy groups -OCH3 is 1. The highest BCUT2D eigenvalue weighted by atomic mass is 16.5. The van der Waals surface area contributed by atoms with Crippen LogP contribution in [0.25, 0.3) is 0 Å². The van der Waals surface area contributed by atoms with Gasteiger partial charge in [0.15, 0.2) is 0 Å². The van der Waals surface area contributed by atoms with Gasteiger partial charge in [0.1, 0.15) is 5.75 Å². The fourth-order valence-corrected chi connectivity index (χ4v) is 2.64. The minimum Gasteiger partial charge on any atom is -0.496 e. The standard InChI is InChI=1S/C20H25NO2/c1-15-10-11-16(2)18(13-15)14-20(22)21-12-6-8-17-7-4-5-9-19(17)23-3/h4-5,7,9-11,13H,6,8,12,14H2,1-3H3,(H,21,22). The fraction of sp³-hybridized carbons (Fsp3) is 0.350. The normalized spacial score (nSPS) is 10.4. The summed E-state index contributed by atoms with van der Waals surface area (Å²) in [6.45, 7) is 4.78. The molecule has 1 N–H and O–H groups in total. The molecule has 0 aromatic heterocycles. The van der Waals surface area contributed by atoms with Crippen molar-refractivity contribution in [3.05, 3.63) is 64.7 Å². The zero-order valence-electron chi connectivity index (χ0n) is 14.2. The van der Waals surface area contributed by atoms with Crippen LogP contribution in [0.1, 0.15) is 28.7 Å². The average Bonchev–Trinajstić information content (AvgIpc) is 2.55. The first-order valence-corrected chi connectivity index (χ1v) is 8.05. The SMILES string of the molecule is COc1ccccc1CCCNC(=O)Cc1cc(C)ccc1C. The quantitative estimate of drug-likeness (QED) is 0.793. The van der Waals surface area contributed by atoms with Crippen LogP contribution in [-0.2, 0) is 17.6 Å². The molecule has 0 aliphatic rings. The van der Waals surface area contributed by atoms with Crippen molar-refractivity contribution >= 4 is 5.91 Å². The summed E-state index contributed by atoms with van der Waals surface area (Å²) in [4.78, 5) is 12.1. The summed E-state index contributed by atoms with van der Waals surface area (Å²) in [5, 5.41) is 3.01. The third-order valence-electron chi connectivity index (χ3n) is 3.99. The molecule has 0 aliphatic heterocycles. The third kappa shape index (κ3) is 5.13. The van der Waals surface area contributed by atoms with Crippen LogP contribution in [0, 0.1) is 13.8 Å². The molecule has 0 heterocycles. The van der Waals surface area contributed by atoms with Gasteiger partial charge < -0.3 is 10.1 Å². The lowest BCUT2D eigenvalue weighted by atomic mass is 10.0. The topological polar surface area (TPSA) is 38.3 Å². The molecule has 2 rings (SSSR count). The first-order valence-electron chi connectivity index (χ1n) is 8.05. The van der Waals surface area contributed by atoms with Crippen molar-refractivity contribution in [3.8, 4) is 5.75 Å². The van der Waals surface area contributed by atoms with E-state index in [0.29, 0.717) is 13.0 Å². The molecule has 122 valence electrons. The molecular weight excluding hydrogens is 286 g/mol. The Morgan fingerprint density at radius 1 is 1.09 bits per heavy atom. The van der Waals surface area contributed by atoms with Gasteiger partial charge in [0, 0.05) is 6.54 Å². The summed E-state index contributed by atoms with van der Waals surface area (Å²) in [5.74, 6) is 0.993. The van der Waals surface area contributed by atoms with Crippen LogP contribution >= 0.6 is 0 Å². The summed E-state index contributed by atoms with van der Waals surface area (Å²) >= 11 is 0. The number of hydrogen-bond acceptors (Lipinski definition) is 2. The second-order valence-corrected chi connectivity index (χ2v) is 5.87. The minimum atomic E-state index is 0.0822. The van der Waals surface area contributed by atoms with Gasteiger partial charge in [-0.3, -0.25) is 4.79 Å². The Hall–Kier alpha value is -2.29. The molecule has 1 amide bonds. The molecule has 0 spiro atoms. The maximum absolute atomic E-state index is 12.1. The maximum Gasteiger partial charge on any atom is 0.224 e. The van der Waals surface area contributed by atoms with E-state index in [1.165, 1.54) is 16.7 Å². The van der Waals surface area contributed by atoms with Gasteiger partial charge in [-0.05, 0) is 49.4 Å². The molecule has 3 heteroatoms. The van der Waals surface area contributed by atoms with Crippen LogP contribution in [0.4, 0.5) is 0 Å². The number of hydrogen-bond donors (Lipinski definition) is 1. The first-order chi connectivity index (χ1) is 11.1. The van der Waals surface area contributed by atoms with Crippen molar-refractivity contribution < 1.29 is 9.53 Å². The van der Waals surface area contributed by atoms with Crippen LogP contribution in [0.3, 0.4) is 0 Å². The van der Waals surface area contributed by atoms with Crippen LogP contribution in [0.15, 0.2) is 42.5 Å². The Bertz CT molecular complexity index is 664. The van der Waals surface area contributed by atoms with E-state index in [4.69, 9.17) is 4.74 Å². The van der Waals surface area contributed by atoms with E-state index < -0.39 is 0 Å². The second kappa shape index (κ2) is 8.37. The minimum absolute atomic E-state index is 0.0822. The molecule has 2 aromatic carbocycles. The smallest absolute Gasteiger partial charge is 0.224 e. The zero-order valence-corrected chi connectivity index (χ0v) is 14.2. The Morgan fingerprint density at radius 2 is 1.87 bits per heavy atom. The molecule has 0 saturated heterocycles. The summed E-state index contributed by atoms with van der Waals surface area (Å²) < 4.78 is 5.34. The molecule has 0 unspecified atom stereocenters. The van der Waals surface area contributed by atoms with Crippen molar-refractivity contribution in [2.75, 3.05) is 13.7 Å². The number of ether oxygens (including phenoxy) is 1. The highest BCUT2D eigenvalue weighted by molar-refractivity contribution is 5.78. The largest absolute Gasteiger partial charge is 0.496 e.